The average Bonchev–Trinajstić information content (AvgIpc) is 4.06. The standard InChI is InChI=1S/C66H53N3/c1-43-44(2)69(42-68(43)6)66(60-35-17-11-29-54(60)55-30-12-18-36-61(55)66)49-24-20-22-47(40-49)64(56-31-13-7-25-50(56)51-26-8-14-32-57(51)64)46-21-19-23-48(39-46)65(62-41-45(37-38-67-62)63(3,4)5)58-33-15-9-27-52(58)53-28-10-16-34-59(53)65/h7-41H,1-6H3/q+2. The molecule has 0 saturated carbocycles. The molecule has 3 heteroatoms. The van der Waals surface area contributed by atoms with Gasteiger partial charge in [0.15, 0.2) is 7.05 Å². The number of benzene rings is 8. The van der Waals surface area contributed by atoms with E-state index < -0.39 is 16.4 Å². The minimum Gasteiger partial charge on any atom is -0.260 e. The van der Waals surface area contributed by atoms with Crippen molar-refractivity contribution in [1.82, 2.24) is 4.98 Å². The highest BCUT2D eigenvalue weighted by Crippen LogP contribution is 2.61. The zero-order chi connectivity index (χ0) is 46.9. The molecule has 0 bridgehead atoms. The first-order valence-corrected chi connectivity index (χ1v) is 24.4. The van der Waals surface area contributed by atoms with Crippen LogP contribution in [-0.2, 0) is 21.8 Å². The van der Waals surface area contributed by atoms with Crippen LogP contribution in [0.2, 0.25) is 0 Å². The molecule has 9 aromatic rings. The van der Waals surface area contributed by atoms with Gasteiger partial charge in [0.2, 0.25) is 0 Å². The molecule has 1 aromatic heterocycles. The highest BCUT2D eigenvalue weighted by Gasteiger charge is 2.59. The molecule has 0 saturated heterocycles. The van der Waals surface area contributed by atoms with Gasteiger partial charge in [0, 0.05) is 36.7 Å². The summed E-state index contributed by atoms with van der Waals surface area (Å²) in [5.41, 5.74) is 22.5. The van der Waals surface area contributed by atoms with Gasteiger partial charge in [0.1, 0.15) is 0 Å². The summed E-state index contributed by atoms with van der Waals surface area (Å²) in [5, 5.41) is 0. The smallest absolute Gasteiger partial charge is 0.260 e. The Morgan fingerprint density at radius 2 is 0.783 bits per heavy atom. The van der Waals surface area contributed by atoms with Crippen LogP contribution in [-0.4, -0.2) is 27.2 Å². The molecule has 2 heterocycles. The third-order valence-electron chi connectivity index (χ3n) is 16.2. The molecule has 69 heavy (non-hydrogen) atoms. The lowest BCUT2D eigenvalue weighted by molar-refractivity contribution is -0.548. The first-order chi connectivity index (χ1) is 33.6. The maximum absolute atomic E-state index is 5.39. The molecule has 330 valence electrons. The summed E-state index contributed by atoms with van der Waals surface area (Å²) < 4.78 is 4.58. The van der Waals surface area contributed by atoms with Gasteiger partial charge in [-0.1, -0.05) is 218 Å². The monoisotopic (exact) mass is 887 g/mol. The van der Waals surface area contributed by atoms with Crippen molar-refractivity contribution in [1.29, 1.82) is 0 Å². The first kappa shape index (κ1) is 41.2. The zero-order valence-corrected chi connectivity index (χ0v) is 40.0. The third-order valence-corrected chi connectivity index (χ3v) is 16.2. The van der Waals surface area contributed by atoms with Crippen LogP contribution in [0.1, 0.15) is 102 Å². The molecule has 0 amide bonds. The van der Waals surface area contributed by atoms with Gasteiger partial charge in [-0.2, -0.15) is 0 Å². The Morgan fingerprint density at radius 1 is 0.406 bits per heavy atom. The molecule has 0 fully saturated rings. The first-order valence-electron chi connectivity index (χ1n) is 24.4. The molecule has 3 aliphatic carbocycles. The Balaban J connectivity index is 1.14. The largest absolute Gasteiger partial charge is 0.490 e. The summed E-state index contributed by atoms with van der Waals surface area (Å²) in [6.45, 7) is 11.3. The van der Waals surface area contributed by atoms with Gasteiger partial charge < -0.3 is 0 Å². The van der Waals surface area contributed by atoms with Crippen LogP contribution in [0.15, 0.2) is 224 Å². The lowest BCUT2D eigenvalue weighted by Gasteiger charge is -2.38. The minimum atomic E-state index is -0.703. The number of rotatable bonds is 6. The summed E-state index contributed by atoms with van der Waals surface area (Å²) in [6.07, 6.45) is 2.03. The van der Waals surface area contributed by atoms with Crippen molar-refractivity contribution in [3.05, 3.63) is 291 Å². The normalized spacial score (nSPS) is 16.2. The van der Waals surface area contributed by atoms with E-state index >= 15 is 0 Å². The van der Waals surface area contributed by atoms with E-state index in [2.05, 4.69) is 263 Å². The van der Waals surface area contributed by atoms with E-state index in [1.54, 1.807) is 0 Å². The second kappa shape index (κ2) is 14.8. The fourth-order valence-corrected chi connectivity index (χ4v) is 13.0. The second-order valence-electron chi connectivity index (χ2n) is 20.5. The molecule has 1 aliphatic heterocycles. The van der Waals surface area contributed by atoms with Crippen LogP contribution < -0.4 is 0 Å². The molecule has 0 N–H and O–H groups in total. The Kier molecular flexibility index (Phi) is 8.82. The number of hydrogen-bond acceptors (Lipinski definition) is 1. The van der Waals surface area contributed by atoms with Crippen molar-refractivity contribution in [2.24, 2.45) is 0 Å². The van der Waals surface area contributed by atoms with Crippen LogP contribution in [0.25, 0.3) is 33.4 Å². The number of aromatic nitrogens is 1. The quantitative estimate of drug-likeness (QED) is 0.152. The number of fused-ring (bicyclic) bond motifs is 9. The van der Waals surface area contributed by atoms with E-state index in [4.69, 9.17) is 4.98 Å². The fourth-order valence-electron chi connectivity index (χ4n) is 13.0. The fraction of sp³-hybridized carbons (Fsp3) is 0.152. The van der Waals surface area contributed by atoms with Gasteiger partial charge >= 0.3 is 6.01 Å². The minimum absolute atomic E-state index is 0.0740. The molecule has 8 aromatic carbocycles. The van der Waals surface area contributed by atoms with Crippen LogP contribution in [0.5, 0.6) is 0 Å². The number of allylic oxidation sites excluding steroid dienone is 2. The van der Waals surface area contributed by atoms with E-state index in [-0.39, 0.29) is 5.41 Å². The maximum atomic E-state index is 5.39. The Labute approximate surface area is 405 Å². The van der Waals surface area contributed by atoms with Crippen molar-refractivity contribution >= 4 is 6.01 Å². The van der Waals surface area contributed by atoms with Crippen LogP contribution in [0, 0.1) is 0 Å². The van der Waals surface area contributed by atoms with E-state index in [0.29, 0.717) is 0 Å². The summed E-state index contributed by atoms with van der Waals surface area (Å²) >= 11 is 0. The van der Waals surface area contributed by atoms with Crippen LogP contribution >= 0.6 is 0 Å². The molecular formula is C66H53N3+2. The van der Waals surface area contributed by atoms with E-state index in [1.165, 1.54) is 106 Å². The predicted octanol–water partition coefficient (Wildman–Crippen LogP) is 14.5. The topological polar surface area (TPSA) is 18.9 Å². The number of pyridine rings is 1. The average molecular weight is 888 g/mol. The van der Waals surface area contributed by atoms with Gasteiger partial charge in [0.25, 0.3) is 16.9 Å². The zero-order valence-electron chi connectivity index (χ0n) is 40.0. The molecular weight excluding hydrogens is 835 g/mol. The third kappa shape index (κ3) is 5.37. The van der Waals surface area contributed by atoms with E-state index in [0.717, 1.165) is 5.69 Å². The SMILES string of the molecule is CC1=C(C)[N+](C2(c3cccc(C4(c5cccc(C6(c7cc(C(C)(C)C)ccn7)c7ccccc7-c7ccccc76)c5)c5ccccc5-c5ccccc54)c3)c3ccccc3-c3ccccc32)=C=[N+]1C. The van der Waals surface area contributed by atoms with E-state index in [9.17, 15) is 0 Å². The number of hydrogen-bond donors (Lipinski definition) is 0. The predicted molar refractivity (Wildman–Crippen MR) is 279 cm³/mol. The van der Waals surface area contributed by atoms with Gasteiger partial charge in [-0.15, -0.1) is 0 Å². The molecule has 4 aliphatic rings. The Bertz CT molecular complexity index is 3620. The van der Waals surface area contributed by atoms with Crippen LogP contribution in [0.4, 0.5) is 0 Å². The van der Waals surface area contributed by atoms with Gasteiger partial charge in [0.05, 0.1) is 16.5 Å². The van der Waals surface area contributed by atoms with Gasteiger partial charge in [-0.25, -0.2) is 0 Å². The molecule has 0 radical (unpaired) electrons. The molecule has 0 spiro atoms. The lowest BCUT2D eigenvalue weighted by atomic mass is 9.64. The van der Waals surface area contributed by atoms with Gasteiger partial charge in [-0.3, -0.25) is 4.98 Å². The van der Waals surface area contributed by atoms with Crippen molar-refractivity contribution in [3.8, 4) is 33.4 Å². The highest BCUT2D eigenvalue weighted by molar-refractivity contribution is 5.89. The molecule has 13 rings (SSSR count). The summed E-state index contributed by atoms with van der Waals surface area (Å²) in [4.78, 5) is 5.39. The molecule has 0 atom stereocenters. The van der Waals surface area contributed by atoms with Crippen molar-refractivity contribution in [2.75, 3.05) is 7.05 Å². The van der Waals surface area contributed by atoms with Crippen molar-refractivity contribution in [3.63, 3.8) is 0 Å². The van der Waals surface area contributed by atoms with Crippen LogP contribution in [0.3, 0.4) is 0 Å². The Morgan fingerprint density at radius 3 is 1.22 bits per heavy atom. The van der Waals surface area contributed by atoms with E-state index in [1.807, 2.05) is 6.20 Å². The number of nitrogens with zero attached hydrogens (tertiary/aromatic N) is 3. The summed E-state index contributed by atoms with van der Waals surface area (Å²) in [5.74, 6) is 0. The Hall–Kier alpha value is -7.97. The summed E-state index contributed by atoms with van der Waals surface area (Å²) in [7, 11) is 2.12. The molecule has 3 nitrogen and oxygen atoms in total. The van der Waals surface area contributed by atoms with Crippen molar-refractivity contribution < 1.29 is 9.15 Å². The maximum Gasteiger partial charge on any atom is 0.490 e. The lowest BCUT2D eigenvalue weighted by Crippen LogP contribution is -2.39. The highest BCUT2D eigenvalue weighted by atomic mass is 15.2. The summed E-state index contributed by atoms with van der Waals surface area (Å²) in [6, 6.07) is 81.9. The van der Waals surface area contributed by atoms with Crippen molar-refractivity contribution in [2.45, 2.75) is 56.4 Å². The second-order valence-corrected chi connectivity index (χ2v) is 20.5. The molecule has 0 unspecified atom stereocenters. The van der Waals surface area contributed by atoms with Gasteiger partial charge in [-0.05, 0) is 102 Å².